The monoisotopic (exact) mass is 268 g/mol. The molecule has 0 spiro atoms. The van der Waals surface area contributed by atoms with Gasteiger partial charge in [0, 0.05) is 32.7 Å². The molecule has 2 atom stereocenters. The summed E-state index contributed by atoms with van der Waals surface area (Å²) >= 11 is 0. The second-order valence-electron chi connectivity index (χ2n) is 6.01. The van der Waals surface area contributed by atoms with Crippen LogP contribution < -0.4 is 5.32 Å². The Kier molecular flexibility index (Phi) is 4.80. The lowest BCUT2D eigenvalue weighted by Crippen LogP contribution is -2.35. The van der Waals surface area contributed by atoms with Crippen LogP contribution in [0.25, 0.3) is 0 Å². The van der Waals surface area contributed by atoms with Crippen molar-refractivity contribution in [2.45, 2.75) is 32.6 Å². The third kappa shape index (κ3) is 4.20. The molecule has 1 heterocycles. The van der Waals surface area contributed by atoms with Gasteiger partial charge in [-0.05, 0) is 31.1 Å². The van der Waals surface area contributed by atoms with Crippen LogP contribution in [0.15, 0.2) is 0 Å². The highest BCUT2D eigenvalue weighted by Crippen LogP contribution is 2.31. The van der Waals surface area contributed by atoms with E-state index in [1.807, 2.05) is 11.8 Å². The van der Waals surface area contributed by atoms with Gasteiger partial charge < -0.3 is 15.3 Å². The van der Waals surface area contributed by atoms with Crippen molar-refractivity contribution in [1.82, 2.24) is 10.2 Å². The number of rotatable bonds is 7. The Morgan fingerprint density at radius 1 is 1.53 bits per heavy atom. The lowest BCUT2D eigenvalue weighted by Gasteiger charge is -2.17. The maximum absolute atomic E-state index is 12.0. The third-order valence-corrected chi connectivity index (χ3v) is 4.01. The first-order chi connectivity index (χ1) is 9.10. The van der Waals surface area contributed by atoms with Crippen LogP contribution in [-0.4, -0.2) is 48.1 Å². The van der Waals surface area contributed by atoms with Crippen molar-refractivity contribution in [3.05, 3.63) is 0 Å². The van der Waals surface area contributed by atoms with E-state index in [0.29, 0.717) is 31.8 Å². The summed E-state index contributed by atoms with van der Waals surface area (Å²) in [6, 6.07) is 0. The topological polar surface area (TPSA) is 69.6 Å². The van der Waals surface area contributed by atoms with E-state index in [4.69, 9.17) is 5.11 Å². The highest BCUT2D eigenvalue weighted by molar-refractivity contribution is 5.89. The zero-order chi connectivity index (χ0) is 13.8. The summed E-state index contributed by atoms with van der Waals surface area (Å²) in [6.45, 7) is 4.13. The number of likely N-dealkylation sites (tertiary alicyclic amines) is 1. The fraction of sp³-hybridized carbons (Fsp3) is 0.857. The average Bonchev–Trinajstić information content (AvgIpc) is 3.11. The Morgan fingerprint density at radius 3 is 2.89 bits per heavy atom. The number of carbonyl (C=O) groups excluding carboxylic acids is 2. The van der Waals surface area contributed by atoms with Gasteiger partial charge in [-0.1, -0.05) is 6.92 Å². The van der Waals surface area contributed by atoms with Crippen molar-refractivity contribution in [2.24, 2.45) is 17.8 Å². The van der Waals surface area contributed by atoms with Crippen molar-refractivity contribution in [3.63, 3.8) is 0 Å². The molecule has 2 amide bonds. The Hall–Kier alpha value is -1.10. The second-order valence-corrected chi connectivity index (χ2v) is 6.01. The van der Waals surface area contributed by atoms with E-state index in [2.05, 4.69) is 5.32 Å². The Bertz CT molecular complexity index is 342. The minimum absolute atomic E-state index is 0.0172. The first-order valence-electron chi connectivity index (χ1n) is 7.26. The fourth-order valence-electron chi connectivity index (χ4n) is 2.48. The lowest BCUT2D eigenvalue weighted by molar-refractivity contribution is -0.129. The highest BCUT2D eigenvalue weighted by atomic mass is 16.3. The van der Waals surface area contributed by atoms with Crippen LogP contribution in [0, 0.1) is 17.8 Å². The molecule has 5 heteroatoms. The van der Waals surface area contributed by atoms with Crippen LogP contribution >= 0.6 is 0 Å². The molecule has 0 aromatic heterocycles. The van der Waals surface area contributed by atoms with Gasteiger partial charge in [0.15, 0.2) is 0 Å². The van der Waals surface area contributed by atoms with Gasteiger partial charge in [0.25, 0.3) is 0 Å². The largest absolute Gasteiger partial charge is 0.396 e. The predicted molar refractivity (Wildman–Crippen MR) is 71.3 cm³/mol. The molecule has 1 saturated heterocycles. The number of nitrogens with zero attached hydrogens (tertiary/aromatic N) is 1. The zero-order valence-corrected chi connectivity index (χ0v) is 11.6. The molecule has 2 aliphatic rings. The molecule has 0 radical (unpaired) electrons. The summed E-state index contributed by atoms with van der Waals surface area (Å²) in [5, 5.41) is 11.7. The smallest absolute Gasteiger partial charge is 0.225 e. The van der Waals surface area contributed by atoms with Crippen LogP contribution in [0.1, 0.15) is 32.6 Å². The van der Waals surface area contributed by atoms with Crippen LogP contribution in [0.5, 0.6) is 0 Å². The quantitative estimate of drug-likeness (QED) is 0.701. The highest BCUT2D eigenvalue weighted by Gasteiger charge is 2.36. The number of aliphatic hydroxyl groups excluding tert-OH is 1. The van der Waals surface area contributed by atoms with Crippen LogP contribution in [0.2, 0.25) is 0 Å². The molecule has 0 aromatic carbocycles. The van der Waals surface area contributed by atoms with Crippen molar-refractivity contribution < 1.29 is 14.7 Å². The van der Waals surface area contributed by atoms with Gasteiger partial charge >= 0.3 is 0 Å². The Morgan fingerprint density at radius 2 is 2.26 bits per heavy atom. The molecule has 19 heavy (non-hydrogen) atoms. The summed E-state index contributed by atoms with van der Waals surface area (Å²) in [5.74, 6) is 0.864. The van der Waals surface area contributed by atoms with Crippen molar-refractivity contribution in [1.29, 1.82) is 0 Å². The van der Waals surface area contributed by atoms with Gasteiger partial charge in [-0.2, -0.15) is 0 Å². The number of carbonyl (C=O) groups is 2. The van der Waals surface area contributed by atoms with Gasteiger partial charge in [-0.3, -0.25) is 9.59 Å². The van der Waals surface area contributed by atoms with Gasteiger partial charge in [0.2, 0.25) is 11.8 Å². The van der Waals surface area contributed by atoms with E-state index in [9.17, 15) is 9.59 Å². The van der Waals surface area contributed by atoms with Crippen LogP contribution in [-0.2, 0) is 9.59 Å². The molecule has 2 rings (SSSR count). The first-order valence-corrected chi connectivity index (χ1v) is 7.26. The molecule has 0 bridgehead atoms. The number of hydrogen-bond donors (Lipinski definition) is 2. The molecule has 5 nitrogen and oxygen atoms in total. The van der Waals surface area contributed by atoms with Crippen LogP contribution in [0.3, 0.4) is 0 Å². The summed E-state index contributed by atoms with van der Waals surface area (Å²) in [7, 11) is 0. The minimum atomic E-state index is -0.187. The van der Waals surface area contributed by atoms with E-state index in [1.54, 1.807) is 0 Å². The molecule has 1 saturated carbocycles. The normalized spacial score (nSPS) is 24.6. The molecule has 2 N–H and O–H groups in total. The second kappa shape index (κ2) is 6.37. The number of nitrogens with one attached hydrogen (secondary N) is 1. The maximum Gasteiger partial charge on any atom is 0.225 e. The average molecular weight is 268 g/mol. The van der Waals surface area contributed by atoms with Crippen molar-refractivity contribution in [3.8, 4) is 0 Å². The van der Waals surface area contributed by atoms with E-state index in [1.165, 1.54) is 12.8 Å². The summed E-state index contributed by atoms with van der Waals surface area (Å²) in [4.78, 5) is 25.6. The number of hydrogen-bond acceptors (Lipinski definition) is 3. The van der Waals surface area contributed by atoms with Crippen molar-refractivity contribution in [2.75, 3.05) is 26.2 Å². The third-order valence-electron chi connectivity index (χ3n) is 4.01. The maximum atomic E-state index is 12.0. The predicted octanol–water partition coefficient (Wildman–Crippen LogP) is 0.380. The fourth-order valence-corrected chi connectivity index (χ4v) is 2.48. The van der Waals surface area contributed by atoms with E-state index in [-0.39, 0.29) is 30.3 Å². The summed E-state index contributed by atoms with van der Waals surface area (Å²) in [6.07, 6.45) is 3.49. The van der Waals surface area contributed by atoms with Gasteiger partial charge in [-0.15, -0.1) is 0 Å². The SMILES string of the molecule is CC(CCO)CNC(=O)C1CC(=O)N(CC2CC2)C1. The Labute approximate surface area is 114 Å². The molecule has 108 valence electrons. The minimum Gasteiger partial charge on any atom is -0.396 e. The van der Waals surface area contributed by atoms with Crippen LogP contribution in [0.4, 0.5) is 0 Å². The standard InChI is InChI=1S/C14H24N2O3/c1-10(4-5-17)7-15-14(19)12-6-13(18)16(9-12)8-11-2-3-11/h10-12,17H,2-9H2,1H3,(H,15,19). The Balaban J connectivity index is 1.72. The van der Waals surface area contributed by atoms with Gasteiger partial charge in [0.1, 0.15) is 0 Å². The van der Waals surface area contributed by atoms with Gasteiger partial charge in [0.05, 0.1) is 5.92 Å². The molecular weight excluding hydrogens is 244 g/mol. The molecule has 1 aliphatic heterocycles. The molecule has 1 aliphatic carbocycles. The molecule has 2 unspecified atom stereocenters. The number of amides is 2. The molecule has 0 aromatic rings. The molecular formula is C14H24N2O3. The number of aliphatic hydroxyl groups is 1. The first kappa shape index (κ1) is 14.3. The van der Waals surface area contributed by atoms with Crippen molar-refractivity contribution >= 4 is 11.8 Å². The molecule has 2 fully saturated rings. The summed E-state index contributed by atoms with van der Waals surface area (Å²) < 4.78 is 0. The zero-order valence-electron chi connectivity index (χ0n) is 11.6. The van der Waals surface area contributed by atoms with E-state index in [0.717, 1.165) is 6.54 Å². The lowest BCUT2D eigenvalue weighted by atomic mass is 10.1. The van der Waals surface area contributed by atoms with E-state index < -0.39 is 0 Å². The summed E-state index contributed by atoms with van der Waals surface area (Å²) in [5.41, 5.74) is 0. The van der Waals surface area contributed by atoms with E-state index >= 15 is 0 Å². The van der Waals surface area contributed by atoms with Gasteiger partial charge in [-0.25, -0.2) is 0 Å².